The predicted molar refractivity (Wildman–Crippen MR) is 119 cm³/mol. The van der Waals surface area contributed by atoms with Gasteiger partial charge in [0.1, 0.15) is 5.75 Å². The number of hydrogen-bond donors (Lipinski definition) is 2. The second kappa shape index (κ2) is 9.15. The van der Waals surface area contributed by atoms with Crippen LogP contribution < -0.4 is 10.1 Å². The third-order valence-corrected chi connectivity index (χ3v) is 6.16. The van der Waals surface area contributed by atoms with Crippen LogP contribution in [0, 0.1) is 0 Å². The van der Waals surface area contributed by atoms with Crippen LogP contribution >= 0.6 is 23.1 Å². The Kier molecular flexibility index (Phi) is 6.17. The number of carbonyl (C=O) groups excluding carboxylic acids is 1. The van der Waals surface area contributed by atoms with Gasteiger partial charge in [-0.15, -0.1) is 11.3 Å². The van der Waals surface area contributed by atoms with Crippen LogP contribution in [0.2, 0.25) is 0 Å². The summed E-state index contributed by atoms with van der Waals surface area (Å²) in [5.74, 6) is 1.06. The average molecular weight is 424 g/mol. The first-order valence-corrected chi connectivity index (χ1v) is 11.2. The lowest BCUT2D eigenvalue weighted by atomic mass is 10.1. The molecule has 29 heavy (non-hydrogen) atoms. The van der Waals surface area contributed by atoms with Gasteiger partial charge in [-0.2, -0.15) is 0 Å². The van der Waals surface area contributed by atoms with Crippen LogP contribution in [0.4, 0.5) is 0 Å². The highest BCUT2D eigenvalue weighted by Gasteiger charge is 2.18. The van der Waals surface area contributed by atoms with E-state index in [1.807, 2.05) is 73.0 Å². The fourth-order valence-corrected chi connectivity index (χ4v) is 4.55. The number of fused-ring (bicyclic) bond motifs is 1. The van der Waals surface area contributed by atoms with Crippen molar-refractivity contribution < 1.29 is 9.53 Å². The Morgan fingerprint density at radius 3 is 2.83 bits per heavy atom. The first kappa shape index (κ1) is 19.5. The Morgan fingerprint density at radius 1 is 1.21 bits per heavy atom. The lowest BCUT2D eigenvalue weighted by Gasteiger charge is -2.17. The van der Waals surface area contributed by atoms with E-state index in [-0.39, 0.29) is 17.7 Å². The molecular formula is C22H21N3O2S2. The van der Waals surface area contributed by atoms with Crippen molar-refractivity contribution in [2.24, 2.45) is 0 Å². The maximum Gasteiger partial charge on any atom is 0.231 e. The molecule has 4 aromatic rings. The average Bonchev–Trinajstić information content (AvgIpc) is 3.41. The van der Waals surface area contributed by atoms with Gasteiger partial charge >= 0.3 is 0 Å². The van der Waals surface area contributed by atoms with Crippen molar-refractivity contribution in [2.75, 3.05) is 12.4 Å². The molecule has 0 aliphatic carbocycles. The van der Waals surface area contributed by atoms with Crippen LogP contribution in [0.25, 0.3) is 11.0 Å². The topological polar surface area (TPSA) is 67.0 Å². The van der Waals surface area contributed by atoms with Gasteiger partial charge in [0, 0.05) is 10.9 Å². The van der Waals surface area contributed by atoms with Crippen molar-refractivity contribution in [3.63, 3.8) is 0 Å². The van der Waals surface area contributed by atoms with Crippen LogP contribution in [0.15, 0.2) is 71.2 Å². The standard InChI is InChI=1S/C22H21N3O2S2/c1-2-27-16-10-11-17-18(13-16)24-22(23-17)29-14-20(26)25-21(19-9-6-12-28-19)15-7-4-3-5-8-15/h3-13,21H,2,14H2,1H3,(H,23,24)(H,25,26). The Bertz CT molecular complexity index is 1080. The molecule has 2 aromatic carbocycles. The van der Waals surface area contributed by atoms with Gasteiger partial charge in [0.25, 0.3) is 0 Å². The number of nitrogens with one attached hydrogen (secondary N) is 2. The molecule has 0 saturated heterocycles. The van der Waals surface area contributed by atoms with Crippen LogP contribution in [-0.4, -0.2) is 28.2 Å². The molecule has 1 amide bonds. The van der Waals surface area contributed by atoms with E-state index in [0.29, 0.717) is 6.61 Å². The van der Waals surface area contributed by atoms with Crippen molar-refractivity contribution >= 4 is 40.0 Å². The number of H-pyrrole nitrogens is 1. The minimum Gasteiger partial charge on any atom is -0.494 e. The fraction of sp³-hybridized carbons (Fsp3) is 0.182. The number of aromatic nitrogens is 2. The maximum absolute atomic E-state index is 12.7. The van der Waals surface area contributed by atoms with Crippen molar-refractivity contribution in [3.8, 4) is 5.75 Å². The lowest BCUT2D eigenvalue weighted by Crippen LogP contribution is -2.30. The van der Waals surface area contributed by atoms with E-state index in [0.717, 1.165) is 32.4 Å². The summed E-state index contributed by atoms with van der Waals surface area (Å²) in [4.78, 5) is 21.6. The molecule has 2 N–H and O–H groups in total. The Balaban J connectivity index is 1.43. The third-order valence-electron chi connectivity index (χ3n) is 4.35. The maximum atomic E-state index is 12.7. The van der Waals surface area contributed by atoms with Crippen LogP contribution in [0.5, 0.6) is 5.75 Å². The summed E-state index contributed by atoms with van der Waals surface area (Å²) in [6.45, 7) is 2.57. The minimum absolute atomic E-state index is 0.0345. The molecule has 148 valence electrons. The molecule has 0 aliphatic heterocycles. The van der Waals surface area contributed by atoms with Gasteiger partial charge in [0.05, 0.1) is 29.4 Å². The van der Waals surface area contributed by atoms with E-state index in [1.165, 1.54) is 11.8 Å². The number of rotatable bonds is 8. The van der Waals surface area contributed by atoms with Gasteiger partial charge in [-0.1, -0.05) is 48.2 Å². The Labute approximate surface area is 177 Å². The molecule has 1 unspecified atom stereocenters. The second-order valence-electron chi connectivity index (χ2n) is 6.37. The zero-order valence-corrected chi connectivity index (χ0v) is 17.6. The lowest BCUT2D eigenvalue weighted by molar-refractivity contribution is -0.119. The van der Waals surface area contributed by atoms with Gasteiger partial charge in [-0.25, -0.2) is 4.98 Å². The smallest absolute Gasteiger partial charge is 0.231 e. The monoisotopic (exact) mass is 423 g/mol. The number of amides is 1. The number of carbonyl (C=O) groups is 1. The summed E-state index contributed by atoms with van der Waals surface area (Å²) >= 11 is 3.03. The summed E-state index contributed by atoms with van der Waals surface area (Å²) in [5.41, 5.74) is 2.83. The molecule has 1 atom stereocenters. The van der Waals surface area contributed by atoms with Crippen molar-refractivity contribution in [1.29, 1.82) is 0 Å². The fourth-order valence-electron chi connectivity index (χ4n) is 3.05. The van der Waals surface area contributed by atoms with Crippen molar-refractivity contribution in [3.05, 3.63) is 76.5 Å². The number of nitrogens with zero attached hydrogens (tertiary/aromatic N) is 1. The normalized spacial score (nSPS) is 12.0. The SMILES string of the molecule is CCOc1ccc2nc(SCC(=O)NC(c3ccccc3)c3cccs3)[nH]c2c1. The predicted octanol–water partition coefficient (Wildman–Crippen LogP) is 5.02. The third kappa shape index (κ3) is 4.81. The molecular weight excluding hydrogens is 402 g/mol. The molecule has 0 saturated carbocycles. The molecule has 0 bridgehead atoms. The largest absolute Gasteiger partial charge is 0.494 e. The van der Waals surface area contributed by atoms with Crippen molar-refractivity contribution in [2.45, 2.75) is 18.1 Å². The van der Waals surface area contributed by atoms with E-state index in [1.54, 1.807) is 11.3 Å². The molecule has 2 heterocycles. The molecule has 5 nitrogen and oxygen atoms in total. The van der Waals surface area contributed by atoms with Gasteiger partial charge in [0.2, 0.25) is 5.91 Å². The summed E-state index contributed by atoms with van der Waals surface area (Å²) in [5, 5.41) is 5.90. The highest BCUT2D eigenvalue weighted by atomic mass is 32.2. The molecule has 0 radical (unpaired) electrons. The molecule has 4 rings (SSSR count). The molecule has 0 fully saturated rings. The number of hydrogen-bond acceptors (Lipinski definition) is 5. The highest BCUT2D eigenvalue weighted by molar-refractivity contribution is 7.99. The number of thiophene rings is 1. The quantitative estimate of drug-likeness (QED) is 0.391. The summed E-state index contributed by atoms with van der Waals surface area (Å²) < 4.78 is 5.52. The number of aromatic amines is 1. The van der Waals surface area contributed by atoms with Crippen LogP contribution in [0.3, 0.4) is 0 Å². The summed E-state index contributed by atoms with van der Waals surface area (Å²) in [6, 6.07) is 19.7. The number of imidazole rings is 1. The number of benzene rings is 2. The first-order chi connectivity index (χ1) is 14.2. The zero-order chi connectivity index (χ0) is 20.1. The van der Waals surface area contributed by atoms with Crippen LogP contribution in [0.1, 0.15) is 23.4 Å². The Morgan fingerprint density at radius 2 is 2.07 bits per heavy atom. The van der Waals surface area contributed by atoms with Gasteiger partial charge in [-0.3, -0.25) is 4.79 Å². The number of thioether (sulfide) groups is 1. The van der Waals surface area contributed by atoms with Gasteiger partial charge in [-0.05, 0) is 36.1 Å². The van der Waals surface area contributed by atoms with E-state index in [9.17, 15) is 4.79 Å². The van der Waals surface area contributed by atoms with Crippen molar-refractivity contribution in [1.82, 2.24) is 15.3 Å². The van der Waals surface area contributed by atoms with Crippen LogP contribution in [-0.2, 0) is 4.79 Å². The molecule has 2 aromatic heterocycles. The molecule has 0 spiro atoms. The van der Waals surface area contributed by atoms with Gasteiger partial charge < -0.3 is 15.0 Å². The second-order valence-corrected chi connectivity index (χ2v) is 8.31. The zero-order valence-electron chi connectivity index (χ0n) is 15.9. The summed E-state index contributed by atoms with van der Waals surface area (Å²) in [7, 11) is 0. The summed E-state index contributed by atoms with van der Waals surface area (Å²) in [6.07, 6.45) is 0. The number of ether oxygens (including phenoxy) is 1. The Hall–Kier alpha value is -2.77. The van der Waals surface area contributed by atoms with E-state index >= 15 is 0 Å². The van der Waals surface area contributed by atoms with E-state index in [4.69, 9.17) is 4.74 Å². The highest BCUT2D eigenvalue weighted by Crippen LogP contribution is 2.27. The van der Waals surface area contributed by atoms with E-state index in [2.05, 4.69) is 15.3 Å². The minimum atomic E-state index is -0.145. The molecule has 7 heteroatoms. The molecule has 0 aliphatic rings. The van der Waals surface area contributed by atoms with E-state index < -0.39 is 0 Å². The first-order valence-electron chi connectivity index (χ1n) is 9.36. The van der Waals surface area contributed by atoms with Gasteiger partial charge in [0.15, 0.2) is 5.16 Å².